The molecule has 72 valence electrons. The number of para-hydroxylation sites is 2. The highest BCUT2D eigenvalue weighted by atomic mass is 16.3. The summed E-state index contributed by atoms with van der Waals surface area (Å²) in [6.07, 6.45) is 0. The number of aromatic nitrogens is 2. The largest absolute Gasteiger partial charge is 0.312 e. The lowest BCUT2D eigenvalue weighted by Gasteiger charge is -2.06. The Morgan fingerprint density at radius 3 is 2.79 bits per heavy atom. The topological polar surface area (TPSA) is 50.5 Å². The van der Waals surface area contributed by atoms with E-state index in [4.69, 9.17) is 0 Å². The van der Waals surface area contributed by atoms with E-state index in [1.54, 1.807) is 7.05 Å². The Bertz CT molecular complexity index is 477. The van der Waals surface area contributed by atoms with E-state index in [2.05, 4.69) is 10.3 Å². The monoisotopic (exact) mass is 190 g/mol. The molecule has 0 N–H and O–H groups in total. The molecule has 0 unspecified atom stereocenters. The Kier molecular flexibility index (Phi) is 1.92. The van der Waals surface area contributed by atoms with Crippen molar-refractivity contribution in [3.63, 3.8) is 0 Å². The minimum absolute atomic E-state index is 0.543. The third kappa shape index (κ3) is 1.14. The van der Waals surface area contributed by atoms with E-state index >= 15 is 0 Å². The molecule has 1 aromatic carbocycles. The molecule has 0 saturated heterocycles. The van der Waals surface area contributed by atoms with Gasteiger partial charge in [-0.1, -0.05) is 12.1 Å². The smallest absolute Gasteiger partial charge is 0.229 e. The normalized spacial score (nSPS) is 10.4. The zero-order valence-electron chi connectivity index (χ0n) is 8.01. The van der Waals surface area contributed by atoms with Crippen molar-refractivity contribution in [2.45, 2.75) is 0 Å². The number of benzene rings is 1. The molecule has 0 radical (unpaired) electrons. The van der Waals surface area contributed by atoms with E-state index in [9.17, 15) is 4.91 Å². The van der Waals surface area contributed by atoms with Crippen LogP contribution in [0.1, 0.15) is 0 Å². The van der Waals surface area contributed by atoms with Crippen LogP contribution >= 0.6 is 0 Å². The van der Waals surface area contributed by atoms with Gasteiger partial charge in [0, 0.05) is 14.1 Å². The maximum Gasteiger partial charge on any atom is 0.229 e. The average Bonchev–Trinajstić information content (AvgIpc) is 2.56. The molecule has 14 heavy (non-hydrogen) atoms. The van der Waals surface area contributed by atoms with Gasteiger partial charge in [0.2, 0.25) is 5.95 Å². The molecular weight excluding hydrogens is 180 g/mol. The Labute approximate surface area is 80.9 Å². The summed E-state index contributed by atoms with van der Waals surface area (Å²) < 4.78 is 1.83. The number of imidazole rings is 1. The number of rotatable bonds is 2. The molecule has 0 aliphatic carbocycles. The number of hydrogen-bond acceptors (Lipinski definition) is 3. The predicted octanol–water partition coefficient (Wildman–Crippen LogP) is 1.69. The number of nitrogens with zero attached hydrogens (tertiary/aromatic N) is 4. The van der Waals surface area contributed by atoms with Gasteiger partial charge in [-0.2, -0.15) is 5.01 Å². The minimum atomic E-state index is 0.543. The molecule has 0 aliphatic heterocycles. The van der Waals surface area contributed by atoms with Crippen LogP contribution in [0.3, 0.4) is 0 Å². The van der Waals surface area contributed by atoms with Crippen molar-refractivity contribution in [3.8, 4) is 0 Å². The first-order chi connectivity index (χ1) is 6.74. The lowest BCUT2D eigenvalue weighted by Crippen LogP contribution is -2.12. The van der Waals surface area contributed by atoms with Gasteiger partial charge >= 0.3 is 0 Å². The number of anilines is 1. The predicted molar refractivity (Wildman–Crippen MR) is 54.9 cm³/mol. The highest BCUT2D eigenvalue weighted by molar-refractivity contribution is 5.78. The average molecular weight is 190 g/mol. The maximum absolute atomic E-state index is 10.4. The second-order valence-electron chi connectivity index (χ2n) is 3.06. The maximum atomic E-state index is 10.4. The lowest BCUT2D eigenvalue weighted by molar-refractivity contribution is 0.851. The van der Waals surface area contributed by atoms with Gasteiger partial charge in [-0.3, -0.25) is 0 Å². The Hall–Kier alpha value is -1.91. The molecule has 5 nitrogen and oxygen atoms in total. The van der Waals surface area contributed by atoms with Crippen molar-refractivity contribution < 1.29 is 0 Å². The van der Waals surface area contributed by atoms with Crippen LogP contribution in [0.2, 0.25) is 0 Å². The van der Waals surface area contributed by atoms with Gasteiger partial charge in [0.1, 0.15) is 0 Å². The lowest BCUT2D eigenvalue weighted by atomic mass is 10.3. The van der Waals surface area contributed by atoms with Crippen molar-refractivity contribution >= 4 is 17.0 Å². The van der Waals surface area contributed by atoms with Gasteiger partial charge in [0.25, 0.3) is 0 Å². The SMILES string of the molecule is CN(N=O)c1nc2ccccc2n1C. The van der Waals surface area contributed by atoms with Crippen molar-refractivity contribution in [1.82, 2.24) is 9.55 Å². The Morgan fingerprint density at radius 2 is 2.14 bits per heavy atom. The summed E-state index contributed by atoms with van der Waals surface area (Å²) in [6.45, 7) is 0. The Morgan fingerprint density at radius 1 is 1.43 bits per heavy atom. The quantitative estimate of drug-likeness (QED) is 0.535. The van der Waals surface area contributed by atoms with E-state index in [0.717, 1.165) is 11.0 Å². The fourth-order valence-corrected chi connectivity index (χ4v) is 1.46. The molecule has 1 heterocycles. The van der Waals surface area contributed by atoms with Crippen molar-refractivity contribution in [3.05, 3.63) is 29.2 Å². The van der Waals surface area contributed by atoms with Gasteiger partial charge in [-0.15, -0.1) is 4.91 Å². The van der Waals surface area contributed by atoms with E-state index in [1.165, 1.54) is 5.01 Å². The molecule has 5 heteroatoms. The fraction of sp³-hybridized carbons (Fsp3) is 0.222. The minimum Gasteiger partial charge on any atom is -0.312 e. The fourth-order valence-electron chi connectivity index (χ4n) is 1.46. The van der Waals surface area contributed by atoms with Gasteiger partial charge < -0.3 is 4.57 Å². The van der Waals surface area contributed by atoms with Crippen LogP contribution in [0.5, 0.6) is 0 Å². The summed E-state index contributed by atoms with van der Waals surface area (Å²) in [5.41, 5.74) is 1.85. The van der Waals surface area contributed by atoms with Crippen LogP contribution in [0.15, 0.2) is 29.6 Å². The molecule has 0 fully saturated rings. The molecule has 0 aliphatic rings. The number of aryl methyl sites for hydroxylation is 1. The summed E-state index contributed by atoms with van der Waals surface area (Å²) in [4.78, 5) is 14.6. The summed E-state index contributed by atoms with van der Waals surface area (Å²) in [5.74, 6) is 0.543. The van der Waals surface area contributed by atoms with Gasteiger partial charge in [-0.25, -0.2) is 4.98 Å². The van der Waals surface area contributed by atoms with Crippen LogP contribution in [-0.2, 0) is 7.05 Å². The molecule has 1 aromatic heterocycles. The van der Waals surface area contributed by atoms with Crippen molar-refractivity contribution in [2.24, 2.45) is 12.3 Å². The molecule has 2 rings (SSSR count). The third-order valence-electron chi connectivity index (χ3n) is 2.18. The van der Waals surface area contributed by atoms with Crippen LogP contribution < -0.4 is 5.01 Å². The third-order valence-corrected chi connectivity index (χ3v) is 2.18. The second-order valence-corrected chi connectivity index (χ2v) is 3.06. The van der Waals surface area contributed by atoms with E-state index in [-0.39, 0.29) is 0 Å². The standard InChI is InChI=1S/C9H10N4O/c1-12-8-6-4-3-5-7(8)10-9(12)13(2)11-14/h3-6H,1-2H3. The first kappa shape index (κ1) is 8.68. The summed E-state index contributed by atoms with van der Waals surface area (Å²) in [5, 5.41) is 4.02. The van der Waals surface area contributed by atoms with Gasteiger partial charge in [-0.05, 0) is 12.1 Å². The summed E-state index contributed by atoms with van der Waals surface area (Å²) in [7, 11) is 3.43. The molecule has 0 atom stereocenters. The van der Waals surface area contributed by atoms with Crippen molar-refractivity contribution in [2.75, 3.05) is 12.1 Å². The molecular formula is C9H10N4O. The van der Waals surface area contributed by atoms with E-state index in [0.29, 0.717) is 5.95 Å². The number of fused-ring (bicyclic) bond motifs is 1. The molecule has 0 amide bonds. The number of nitroso groups, excluding NO2 is 1. The van der Waals surface area contributed by atoms with Crippen LogP contribution in [0.4, 0.5) is 5.95 Å². The second kappa shape index (κ2) is 3.10. The molecule has 0 saturated carbocycles. The first-order valence-electron chi connectivity index (χ1n) is 4.22. The highest BCUT2D eigenvalue weighted by Gasteiger charge is 2.10. The molecule has 0 spiro atoms. The van der Waals surface area contributed by atoms with E-state index in [1.807, 2.05) is 35.9 Å². The van der Waals surface area contributed by atoms with Crippen molar-refractivity contribution in [1.29, 1.82) is 0 Å². The molecule has 2 aromatic rings. The summed E-state index contributed by atoms with van der Waals surface area (Å²) >= 11 is 0. The van der Waals surface area contributed by atoms with Crippen LogP contribution in [0.25, 0.3) is 11.0 Å². The Balaban J connectivity index is 2.68. The van der Waals surface area contributed by atoms with Crippen LogP contribution in [-0.4, -0.2) is 16.6 Å². The first-order valence-corrected chi connectivity index (χ1v) is 4.22. The highest BCUT2D eigenvalue weighted by Crippen LogP contribution is 2.19. The van der Waals surface area contributed by atoms with Gasteiger partial charge in [0.15, 0.2) is 0 Å². The molecule has 0 bridgehead atoms. The zero-order chi connectivity index (χ0) is 10.1. The number of hydrogen-bond donors (Lipinski definition) is 0. The summed E-state index contributed by atoms with van der Waals surface area (Å²) in [6, 6.07) is 7.69. The van der Waals surface area contributed by atoms with Gasteiger partial charge in [0.05, 0.1) is 16.3 Å². The zero-order valence-corrected chi connectivity index (χ0v) is 8.01. The van der Waals surface area contributed by atoms with E-state index < -0.39 is 0 Å². The van der Waals surface area contributed by atoms with Crippen LogP contribution in [0, 0.1) is 4.91 Å².